The molecule has 1 aromatic heterocycles. The lowest BCUT2D eigenvalue weighted by molar-refractivity contribution is 0.124. The average molecular weight is 183 g/mol. The van der Waals surface area contributed by atoms with Gasteiger partial charge in [-0.1, -0.05) is 0 Å². The van der Waals surface area contributed by atoms with Crippen LogP contribution in [-0.4, -0.2) is 39.2 Å². The van der Waals surface area contributed by atoms with Crippen molar-refractivity contribution in [3.8, 4) is 0 Å². The topological polar surface area (TPSA) is 60.2 Å². The first kappa shape index (κ1) is 8.65. The van der Waals surface area contributed by atoms with Crippen LogP contribution in [0.2, 0.25) is 0 Å². The van der Waals surface area contributed by atoms with Gasteiger partial charge in [-0.2, -0.15) is 5.10 Å². The van der Waals surface area contributed by atoms with E-state index in [1.165, 1.54) is 0 Å². The maximum Gasteiger partial charge on any atom is 0.158 e. The van der Waals surface area contributed by atoms with Crippen molar-refractivity contribution in [2.45, 2.75) is 18.9 Å². The molecular formula is C8H13N3O2. The Morgan fingerprint density at radius 2 is 2.31 bits per heavy atom. The summed E-state index contributed by atoms with van der Waals surface area (Å²) in [7, 11) is 1.84. The van der Waals surface area contributed by atoms with E-state index < -0.39 is 6.10 Å². The summed E-state index contributed by atoms with van der Waals surface area (Å²) in [6.45, 7) is 2.80. The van der Waals surface area contributed by atoms with Gasteiger partial charge in [-0.05, 0) is 6.92 Å². The van der Waals surface area contributed by atoms with Gasteiger partial charge in [0.15, 0.2) is 5.82 Å². The van der Waals surface area contributed by atoms with E-state index in [4.69, 9.17) is 4.74 Å². The molecule has 1 aromatic rings. The van der Waals surface area contributed by atoms with E-state index in [-0.39, 0.29) is 5.92 Å². The number of aromatic nitrogens is 3. The predicted octanol–water partition coefficient (Wildman–Crippen LogP) is -0.402. The summed E-state index contributed by atoms with van der Waals surface area (Å²) in [5, 5.41) is 13.7. The number of ether oxygens (including phenoxy) is 1. The zero-order chi connectivity index (χ0) is 9.42. The number of aryl methyl sites for hydroxylation is 2. The van der Waals surface area contributed by atoms with E-state index in [1.54, 1.807) is 4.68 Å². The number of rotatable bonds is 1. The molecule has 1 aliphatic heterocycles. The van der Waals surface area contributed by atoms with Crippen LogP contribution < -0.4 is 0 Å². The van der Waals surface area contributed by atoms with Crippen molar-refractivity contribution in [1.29, 1.82) is 0 Å². The molecule has 1 aliphatic rings. The molecule has 5 heteroatoms. The standard InChI is InChI=1S/C8H13N3O2/c1-5-9-8(10-11(5)2)6-3-13-4-7(6)12/h6-7,12H,3-4H2,1-2H3/t6-,7-/m1/s1. The highest BCUT2D eigenvalue weighted by Gasteiger charge is 2.31. The monoisotopic (exact) mass is 183 g/mol. The minimum absolute atomic E-state index is 0.0556. The second-order valence-corrected chi connectivity index (χ2v) is 3.35. The van der Waals surface area contributed by atoms with Crippen LogP contribution in [0.5, 0.6) is 0 Å². The molecule has 0 radical (unpaired) electrons. The fraction of sp³-hybridized carbons (Fsp3) is 0.750. The summed E-state index contributed by atoms with van der Waals surface area (Å²) in [6, 6.07) is 0. The summed E-state index contributed by atoms with van der Waals surface area (Å²) in [6.07, 6.45) is -0.457. The third-order valence-electron chi connectivity index (χ3n) is 2.38. The lowest BCUT2D eigenvalue weighted by Crippen LogP contribution is -2.17. The Morgan fingerprint density at radius 3 is 2.77 bits per heavy atom. The van der Waals surface area contributed by atoms with E-state index in [0.717, 1.165) is 5.82 Å². The van der Waals surface area contributed by atoms with Gasteiger partial charge in [0.05, 0.1) is 25.2 Å². The van der Waals surface area contributed by atoms with Crippen LogP contribution in [0, 0.1) is 6.92 Å². The quantitative estimate of drug-likeness (QED) is 0.643. The molecule has 1 saturated heterocycles. The van der Waals surface area contributed by atoms with Crippen LogP contribution in [-0.2, 0) is 11.8 Å². The van der Waals surface area contributed by atoms with E-state index in [9.17, 15) is 5.11 Å². The maximum absolute atomic E-state index is 9.53. The Balaban J connectivity index is 2.24. The predicted molar refractivity (Wildman–Crippen MR) is 45.3 cm³/mol. The van der Waals surface area contributed by atoms with Crippen molar-refractivity contribution in [2.75, 3.05) is 13.2 Å². The number of hydrogen-bond acceptors (Lipinski definition) is 4. The third-order valence-corrected chi connectivity index (χ3v) is 2.38. The van der Waals surface area contributed by atoms with Gasteiger partial charge in [0.2, 0.25) is 0 Å². The molecule has 2 atom stereocenters. The Morgan fingerprint density at radius 1 is 1.54 bits per heavy atom. The third kappa shape index (κ3) is 1.45. The molecule has 0 amide bonds. The molecule has 2 rings (SSSR count). The average Bonchev–Trinajstić information content (AvgIpc) is 2.60. The lowest BCUT2D eigenvalue weighted by atomic mass is 10.1. The zero-order valence-corrected chi connectivity index (χ0v) is 7.77. The minimum atomic E-state index is -0.457. The number of aliphatic hydroxyl groups is 1. The molecule has 0 saturated carbocycles. The highest BCUT2D eigenvalue weighted by atomic mass is 16.5. The van der Waals surface area contributed by atoms with E-state index in [1.807, 2.05) is 14.0 Å². The van der Waals surface area contributed by atoms with Crippen LogP contribution in [0.1, 0.15) is 17.6 Å². The normalized spacial score (nSPS) is 28.2. The number of hydrogen-bond donors (Lipinski definition) is 1. The van der Waals surface area contributed by atoms with Gasteiger partial charge in [0, 0.05) is 7.05 Å². The summed E-state index contributed by atoms with van der Waals surface area (Å²) in [5.41, 5.74) is 0. The van der Waals surface area contributed by atoms with Crippen molar-refractivity contribution >= 4 is 0 Å². The van der Waals surface area contributed by atoms with Gasteiger partial charge in [-0.3, -0.25) is 4.68 Å². The van der Waals surface area contributed by atoms with Gasteiger partial charge in [-0.15, -0.1) is 0 Å². The molecule has 0 spiro atoms. The highest BCUT2D eigenvalue weighted by Crippen LogP contribution is 2.22. The first-order valence-electron chi connectivity index (χ1n) is 4.32. The molecule has 1 N–H and O–H groups in total. The van der Waals surface area contributed by atoms with Crippen LogP contribution in [0.25, 0.3) is 0 Å². The summed E-state index contributed by atoms with van der Waals surface area (Å²) >= 11 is 0. The fourth-order valence-corrected chi connectivity index (χ4v) is 1.43. The van der Waals surface area contributed by atoms with Gasteiger partial charge in [-0.25, -0.2) is 4.98 Å². The van der Waals surface area contributed by atoms with Crippen molar-refractivity contribution in [1.82, 2.24) is 14.8 Å². The van der Waals surface area contributed by atoms with Crippen molar-refractivity contribution in [3.05, 3.63) is 11.6 Å². The largest absolute Gasteiger partial charge is 0.390 e. The zero-order valence-electron chi connectivity index (χ0n) is 7.77. The van der Waals surface area contributed by atoms with Gasteiger partial charge < -0.3 is 9.84 Å². The molecule has 5 nitrogen and oxygen atoms in total. The molecule has 0 aliphatic carbocycles. The Labute approximate surface area is 76.3 Å². The summed E-state index contributed by atoms with van der Waals surface area (Å²) < 4.78 is 6.84. The molecule has 0 bridgehead atoms. The van der Waals surface area contributed by atoms with Crippen LogP contribution in [0.4, 0.5) is 0 Å². The molecule has 0 unspecified atom stereocenters. The SMILES string of the molecule is Cc1nc([C@@H]2COC[C@H]2O)nn1C. The maximum atomic E-state index is 9.53. The Hall–Kier alpha value is -0.940. The molecule has 2 heterocycles. The van der Waals surface area contributed by atoms with Gasteiger partial charge in [0.25, 0.3) is 0 Å². The minimum Gasteiger partial charge on any atom is -0.390 e. The smallest absolute Gasteiger partial charge is 0.158 e. The van der Waals surface area contributed by atoms with E-state index in [0.29, 0.717) is 19.0 Å². The molecular weight excluding hydrogens is 170 g/mol. The van der Waals surface area contributed by atoms with Gasteiger partial charge >= 0.3 is 0 Å². The summed E-state index contributed by atoms with van der Waals surface area (Å²) in [5.74, 6) is 1.49. The first-order chi connectivity index (χ1) is 6.18. The van der Waals surface area contributed by atoms with E-state index in [2.05, 4.69) is 10.1 Å². The molecule has 0 aromatic carbocycles. The lowest BCUT2D eigenvalue weighted by Gasteiger charge is -2.06. The van der Waals surface area contributed by atoms with Crippen molar-refractivity contribution in [2.24, 2.45) is 7.05 Å². The van der Waals surface area contributed by atoms with Crippen LogP contribution >= 0.6 is 0 Å². The molecule has 13 heavy (non-hydrogen) atoms. The second-order valence-electron chi connectivity index (χ2n) is 3.35. The van der Waals surface area contributed by atoms with Crippen LogP contribution in [0.15, 0.2) is 0 Å². The highest BCUT2D eigenvalue weighted by molar-refractivity contribution is 5.03. The summed E-state index contributed by atoms with van der Waals surface area (Å²) in [4.78, 5) is 4.25. The molecule has 72 valence electrons. The fourth-order valence-electron chi connectivity index (χ4n) is 1.43. The van der Waals surface area contributed by atoms with Gasteiger partial charge in [0.1, 0.15) is 5.82 Å². The van der Waals surface area contributed by atoms with Crippen molar-refractivity contribution < 1.29 is 9.84 Å². The number of aliphatic hydroxyl groups excluding tert-OH is 1. The first-order valence-corrected chi connectivity index (χ1v) is 4.32. The number of nitrogens with zero attached hydrogens (tertiary/aromatic N) is 3. The van der Waals surface area contributed by atoms with Crippen LogP contribution in [0.3, 0.4) is 0 Å². The van der Waals surface area contributed by atoms with E-state index >= 15 is 0 Å². The molecule has 1 fully saturated rings. The second kappa shape index (κ2) is 3.08. The Bertz CT molecular complexity index is 291. The van der Waals surface area contributed by atoms with Crippen molar-refractivity contribution in [3.63, 3.8) is 0 Å². The Kier molecular flexibility index (Phi) is 2.05.